The quantitative estimate of drug-likeness (QED) is 0.157. The lowest BCUT2D eigenvalue weighted by Crippen LogP contribution is -2.29. The maximum Gasteiger partial charge on any atom is 0.267 e. The van der Waals surface area contributed by atoms with Gasteiger partial charge in [0.1, 0.15) is 0 Å². The number of halogens is 1. The smallest absolute Gasteiger partial charge is 0.267 e. The van der Waals surface area contributed by atoms with Gasteiger partial charge in [-0.25, -0.2) is 5.48 Å². The zero-order valence-electron chi connectivity index (χ0n) is 18.7. The number of H-pyrrole nitrogens is 2. The van der Waals surface area contributed by atoms with E-state index in [4.69, 9.17) is 16.8 Å². The van der Waals surface area contributed by atoms with E-state index in [9.17, 15) is 4.79 Å². The molecule has 2 heterocycles. The Kier molecular flexibility index (Phi) is 6.54. The SMILES string of the molecule is O=C(C=Cc1ccc2c(c1)CCC2N(CCc1c[nH]c2ccccc12)Cc1[nH]ccc1Cl)NO. The summed E-state index contributed by atoms with van der Waals surface area (Å²) >= 11 is 6.44. The van der Waals surface area contributed by atoms with Crippen LogP contribution in [0.25, 0.3) is 17.0 Å². The van der Waals surface area contributed by atoms with Crippen LogP contribution in [0.5, 0.6) is 0 Å². The minimum atomic E-state index is -0.537. The number of benzene rings is 2. The Morgan fingerprint density at radius 3 is 2.91 bits per heavy atom. The van der Waals surface area contributed by atoms with Crippen LogP contribution in [0.4, 0.5) is 0 Å². The standard InChI is InChI=1S/C27H27ClN4O2/c28-23-11-13-29-25(23)17-32(14-12-20-16-30-24-4-2-1-3-21(20)24)26-9-7-19-15-18(5-8-22(19)26)6-10-27(33)31-34/h1-6,8,10-11,13,15-16,26,29-30,34H,7,9,12,14,17H2,(H,31,33). The molecule has 2 aromatic carbocycles. The third-order valence-corrected chi connectivity index (χ3v) is 7.03. The number of amides is 1. The average molecular weight is 475 g/mol. The van der Waals surface area contributed by atoms with Crippen LogP contribution in [-0.4, -0.2) is 32.5 Å². The van der Waals surface area contributed by atoms with Crippen LogP contribution < -0.4 is 5.48 Å². The van der Waals surface area contributed by atoms with E-state index in [1.165, 1.54) is 28.2 Å². The molecule has 0 radical (unpaired) electrons. The lowest BCUT2D eigenvalue weighted by molar-refractivity contribution is -0.124. The van der Waals surface area contributed by atoms with Crippen molar-refractivity contribution in [2.45, 2.75) is 31.8 Å². The highest BCUT2D eigenvalue weighted by molar-refractivity contribution is 6.31. The summed E-state index contributed by atoms with van der Waals surface area (Å²) in [6, 6.07) is 16.9. The molecule has 4 N–H and O–H groups in total. The van der Waals surface area contributed by atoms with Crippen molar-refractivity contribution in [1.29, 1.82) is 0 Å². The molecule has 0 fully saturated rings. The van der Waals surface area contributed by atoms with Crippen molar-refractivity contribution in [3.8, 4) is 0 Å². The van der Waals surface area contributed by atoms with Gasteiger partial charge < -0.3 is 9.97 Å². The molecule has 1 amide bonds. The van der Waals surface area contributed by atoms with E-state index in [1.807, 2.05) is 18.3 Å². The van der Waals surface area contributed by atoms with Crippen LogP contribution in [0.2, 0.25) is 5.02 Å². The first-order valence-electron chi connectivity index (χ1n) is 11.5. The number of para-hydroxylation sites is 1. The number of rotatable bonds is 8. The lowest BCUT2D eigenvalue weighted by atomic mass is 10.0. The molecule has 1 atom stereocenters. The van der Waals surface area contributed by atoms with Gasteiger partial charge in [0.15, 0.2) is 0 Å². The van der Waals surface area contributed by atoms with E-state index in [0.29, 0.717) is 6.04 Å². The Balaban J connectivity index is 1.39. The van der Waals surface area contributed by atoms with Gasteiger partial charge in [-0.05, 0) is 59.7 Å². The van der Waals surface area contributed by atoms with Gasteiger partial charge >= 0.3 is 0 Å². The predicted molar refractivity (Wildman–Crippen MR) is 135 cm³/mol. The van der Waals surface area contributed by atoms with Crippen molar-refractivity contribution < 1.29 is 10.0 Å². The Morgan fingerprint density at radius 2 is 2.09 bits per heavy atom. The van der Waals surface area contributed by atoms with Crippen molar-refractivity contribution in [2.75, 3.05) is 6.54 Å². The van der Waals surface area contributed by atoms with Gasteiger partial charge in [-0.15, -0.1) is 0 Å². The third-order valence-electron chi connectivity index (χ3n) is 6.67. The summed E-state index contributed by atoms with van der Waals surface area (Å²) in [7, 11) is 0. The molecule has 0 aliphatic heterocycles. The summed E-state index contributed by atoms with van der Waals surface area (Å²) < 4.78 is 0. The van der Waals surface area contributed by atoms with Gasteiger partial charge in [0.05, 0.1) is 5.02 Å². The normalized spacial score (nSPS) is 15.4. The second-order valence-corrected chi connectivity index (χ2v) is 9.11. The molecule has 7 heteroatoms. The highest BCUT2D eigenvalue weighted by Crippen LogP contribution is 2.38. The lowest BCUT2D eigenvalue weighted by Gasteiger charge is -2.29. The fourth-order valence-corrected chi connectivity index (χ4v) is 5.14. The Morgan fingerprint density at radius 1 is 1.21 bits per heavy atom. The van der Waals surface area contributed by atoms with Crippen molar-refractivity contribution in [2.24, 2.45) is 0 Å². The summed E-state index contributed by atoms with van der Waals surface area (Å²) in [4.78, 5) is 20.5. The largest absolute Gasteiger partial charge is 0.363 e. The molecule has 1 unspecified atom stereocenters. The molecular formula is C27H27ClN4O2. The number of hydrogen-bond acceptors (Lipinski definition) is 3. The summed E-state index contributed by atoms with van der Waals surface area (Å²) in [6.07, 6.45) is 10.0. The summed E-state index contributed by atoms with van der Waals surface area (Å²) in [5.74, 6) is -0.537. The van der Waals surface area contributed by atoms with Crippen molar-refractivity contribution >= 4 is 34.5 Å². The van der Waals surface area contributed by atoms with Gasteiger partial charge in [0.2, 0.25) is 0 Å². The monoisotopic (exact) mass is 474 g/mol. The van der Waals surface area contributed by atoms with Crippen molar-refractivity contribution in [1.82, 2.24) is 20.3 Å². The van der Waals surface area contributed by atoms with E-state index in [-0.39, 0.29) is 0 Å². The van der Waals surface area contributed by atoms with Crippen LogP contribution in [-0.2, 0) is 24.2 Å². The number of nitrogens with zero attached hydrogens (tertiary/aromatic N) is 1. The molecule has 0 spiro atoms. The Hall–Kier alpha value is -3.32. The highest BCUT2D eigenvalue weighted by Gasteiger charge is 2.28. The molecule has 174 valence electrons. The molecule has 4 aromatic rings. The number of nitrogens with one attached hydrogen (secondary N) is 3. The fourth-order valence-electron chi connectivity index (χ4n) is 4.96. The van der Waals surface area contributed by atoms with E-state index < -0.39 is 5.91 Å². The minimum Gasteiger partial charge on any atom is -0.363 e. The number of fused-ring (bicyclic) bond motifs is 2. The summed E-state index contributed by atoms with van der Waals surface area (Å²) in [5, 5.41) is 10.7. The van der Waals surface area contributed by atoms with E-state index in [1.54, 1.807) is 11.6 Å². The second-order valence-electron chi connectivity index (χ2n) is 8.71. The van der Waals surface area contributed by atoms with Gasteiger partial charge in [0.25, 0.3) is 5.91 Å². The fraction of sp³-hybridized carbons (Fsp3) is 0.222. The zero-order chi connectivity index (χ0) is 23.5. The second kappa shape index (κ2) is 9.89. The maximum absolute atomic E-state index is 11.3. The number of hydrogen-bond donors (Lipinski definition) is 4. The van der Waals surface area contributed by atoms with Gasteiger partial charge in [0, 0.05) is 54.2 Å². The van der Waals surface area contributed by atoms with Crippen molar-refractivity contribution in [3.63, 3.8) is 0 Å². The molecule has 0 saturated heterocycles. The molecule has 1 aliphatic carbocycles. The van der Waals surface area contributed by atoms with Gasteiger partial charge in [-0.3, -0.25) is 14.9 Å². The first-order chi connectivity index (χ1) is 16.6. The highest BCUT2D eigenvalue weighted by atomic mass is 35.5. The summed E-state index contributed by atoms with van der Waals surface area (Å²) in [6.45, 7) is 1.65. The Bertz CT molecular complexity index is 1340. The van der Waals surface area contributed by atoms with E-state index in [2.05, 4.69) is 57.5 Å². The topological polar surface area (TPSA) is 84.2 Å². The molecule has 0 bridgehead atoms. The van der Waals surface area contributed by atoms with Crippen LogP contribution in [0.15, 0.2) is 67.0 Å². The molecule has 2 aromatic heterocycles. The summed E-state index contributed by atoms with van der Waals surface area (Å²) in [5.41, 5.74) is 8.70. The van der Waals surface area contributed by atoms with Gasteiger partial charge in [-0.2, -0.15) is 0 Å². The number of aromatic amines is 2. The number of carbonyl (C=O) groups is 1. The first-order valence-corrected chi connectivity index (χ1v) is 11.9. The predicted octanol–water partition coefficient (Wildman–Crippen LogP) is 5.40. The molecule has 6 nitrogen and oxygen atoms in total. The van der Waals surface area contributed by atoms with Crippen molar-refractivity contribution in [3.05, 3.63) is 100.0 Å². The Labute approximate surface area is 203 Å². The van der Waals surface area contributed by atoms with Crippen LogP contribution in [0.1, 0.15) is 40.4 Å². The number of hydroxylamine groups is 1. The molecule has 0 saturated carbocycles. The molecule has 5 rings (SSSR count). The first kappa shape index (κ1) is 22.5. The number of carbonyl (C=O) groups excluding carboxylic acids is 1. The zero-order valence-corrected chi connectivity index (χ0v) is 19.5. The van der Waals surface area contributed by atoms with E-state index in [0.717, 1.165) is 54.1 Å². The maximum atomic E-state index is 11.3. The molecule has 1 aliphatic rings. The number of aryl methyl sites for hydroxylation is 1. The average Bonchev–Trinajstić information content (AvgIpc) is 3.58. The minimum absolute atomic E-state index is 0.290. The van der Waals surface area contributed by atoms with Gasteiger partial charge in [-0.1, -0.05) is 48.0 Å². The van der Waals surface area contributed by atoms with Crippen LogP contribution in [0.3, 0.4) is 0 Å². The molecular weight excluding hydrogens is 448 g/mol. The third kappa shape index (κ3) is 4.66. The van der Waals surface area contributed by atoms with Crippen LogP contribution in [0, 0.1) is 0 Å². The van der Waals surface area contributed by atoms with E-state index >= 15 is 0 Å². The number of aromatic nitrogens is 2. The molecule has 34 heavy (non-hydrogen) atoms. The van der Waals surface area contributed by atoms with Crippen LogP contribution >= 0.6 is 11.6 Å².